The van der Waals surface area contributed by atoms with Crippen LogP contribution in [0, 0.1) is 0 Å². The summed E-state index contributed by atoms with van der Waals surface area (Å²) in [4.78, 5) is 4.90. The zero-order valence-corrected chi connectivity index (χ0v) is 13.0. The molecule has 4 nitrogen and oxygen atoms in total. The summed E-state index contributed by atoms with van der Waals surface area (Å²) >= 11 is 0. The molecule has 4 heteroatoms. The molecule has 1 fully saturated rings. The lowest BCUT2D eigenvalue weighted by Gasteiger charge is -2.43. The number of ether oxygens (including phenoxy) is 1. The molecule has 0 spiro atoms. The van der Waals surface area contributed by atoms with Gasteiger partial charge in [-0.3, -0.25) is 9.80 Å². The maximum atomic E-state index is 6.39. The lowest BCUT2D eigenvalue weighted by Crippen LogP contribution is -2.55. The molecule has 0 aromatic heterocycles. The monoisotopic (exact) mass is 277 g/mol. The molecule has 0 aliphatic carbocycles. The lowest BCUT2D eigenvalue weighted by molar-refractivity contribution is 0.0565. The highest BCUT2D eigenvalue weighted by molar-refractivity contribution is 5.35. The highest BCUT2D eigenvalue weighted by Gasteiger charge is 2.27. The molecule has 0 bridgehead atoms. The van der Waals surface area contributed by atoms with Gasteiger partial charge in [-0.05, 0) is 27.0 Å². The number of benzene rings is 1. The van der Waals surface area contributed by atoms with Crippen molar-refractivity contribution in [1.29, 1.82) is 0 Å². The van der Waals surface area contributed by atoms with Crippen LogP contribution in [0.1, 0.15) is 25.5 Å². The van der Waals surface area contributed by atoms with Crippen molar-refractivity contribution < 1.29 is 4.74 Å². The minimum Gasteiger partial charge on any atom is -0.496 e. The molecule has 3 atom stereocenters. The highest BCUT2D eigenvalue weighted by atomic mass is 16.5. The van der Waals surface area contributed by atoms with Crippen LogP contribution in [0.2, 0.25) is 0 Å². The Morgan fingerprint density at radius 1 is 1.25 bits per heavy atom. The normalized spacial score (nSPS) is 26.4. The summed E-state index contributed by atoms with van der Waals surface area (Å²) in [5.74, 6) is 0.884. The Labute approximate surface area is 122 Å². The predicted molar refractivity (Wildman–Crippen MR) is 83.0 cm³/mol. The van der Waals surface area contributed by atoms with E-state index in [9.17, 15) is 0 Å². The molecule has 1 aliphatic rings. The molecule has 1 aromatic carbocycles. The number of para-hydroxylation sites is 1. The average Bonchev–Trinajstić information content (AvgIpc) is 2.44. The third-order valence-corrected chi connectivity index (χ3v) is 4.43. The van der Waals surface area contributed by atoms with Gasteiger partial charge in [0.25, 0.3) is 0 Å². The Morgan fingerprint density at radius 3 is 2.45 bits per heavy atom. The molecule has 112 valence electrons. The van der Waals surface area contributed by atoms with Gasteiger partial charge in [-0.2, -0.15) is 0 Å². The molecule has 0 amide bonds. The second kappa shape index (κ2) is 6.57. The van der Waals surface area contributed by atoms with Crippen LogP contribution in [0.5, 0.6) is 5.75 Å². The first-order chi connectivity index (χ1) is 9.52. The summed E-state index contributed by atoms with van der Waals surface area (Å²) in [6, 6.07) is 9.18. The standard InChI is InChI=1S/C16H27N3O/c1-12-9-19(10-13(2)18(12)3)11-15(17)14-7-5-6-8-16(14)20-4/h5-8,12-13,15H,9-11,17H2,1-4H3. The van der Waals surface area contributed by atoms with E-state index in [-0.39, 0.29) is 6.04 Å². The largest absolute Gasteiger partial charge is 0.496 e. The van der Waals surface area contributed by atoms with E-state index < -0.39 is 0 Å². The van der Waals surface area contributed by atoms with Gasteiger partial charge in [0.15, 0.2) is 0 Å². The molecular formula is C16H27N3O. The van der Waals surface area contributed by atoms with Crippen LogP contribution in [-0.2, 0) is 0 Å². The number of rotatable bonds is 4. The Kier molecular flexibility index (Phi) is 5.02. The molecule has 1 heterocycles. The summed E-state index contributed by atoms with van der Waals surface area (Å²) < 4.78 is 5.41. The second-order valence-corrected chi connectivity index (χ2v) is 5.93. The van der Waals surface area contributed by atoms with Crippen LogP contribution < -0.4 is 10.5 Å². The number of nitrogens with two attached hydrogens (primary N) is 1. The Bertz CT molecular complexity index is 425. The van der Waals surface area contributed by atoms with E-state index in [2.05, 4.69) is 36.8 Å². The Balaban J connectivity index is 2.02. The van der Waals surface area contributed by atoms with Gasteiger partial charge in [-0.1, -0.05) is 18.2 Å². The highest BCUT2D eigenvalue weighted by Crippen LogP contribution is 2.25. The summed E-state index contributed by atoms with van der Waals surface area (Å²) in [5.41, 5.74) is 7.48. The fourth-order valence-electron chi connectivity index (χ4n) is 3.01. The molecular weight excluding hydrogens is 250 g/mol. The zero-order chi connectivity index (χ0) is 14.7. The van der Waals surface area contributed by atoms with Crippen molar-refractivity contribution in [3.63, 3.8) is 0 Å². The van der Waals surface area contributed by atoms with E-state index >= 15 is 0 Å². The van der Waals surface area contributed by atoms with E-state index in [1.807, 2.05) is 18.2 Å². The Hall–Kier alpha value is -1.10. The van der Waals surface area contributed by atoms with Crippen molar-refractivity contribution in [2.24, 2.45) is 5.73 Å². The maximum absolute atomic E-state index is 6.39. The van der Waals surface area contributed by atoms with Gasteiger partial charge in [-0.25, -0.2) is 0 Å². The zero-order valence-electron chi connectivity index (χ0n) is 13.0. The molecule has 2 N–H and O–H groups in total. The smallest absolute Gasteiger partial charge is 0.123 e. The van der Waals surface area contributed by atoms with Crippen LogP contribution in [-0.4, -0.2) is 55.7 Å². The van der Waals surface area contributed by atoms with E-state index in [0.29, 0.717) is 12.1 Å². The second-order valence-electron chi connectivity index (χ2n) is 5.93. The van der Waals surface area contributed by atoms with Gasteiger partial charge in [0.2, 0.25) is 0 Å². The number of likely N-dealkylation sites (N-methyl/N-ethyl adjacent to an activating group) is 1. The molecule has 3 unspecified atom stereocenters. The van der Waals surface area contributed by atoms with E-state index in [1.54, 1.807) is 7.11 Å². The third-order valence-electron chi connectivity index (χ3n) is 4.43. The molecule has 1 aromatic rings. The van der Waals surface area contributed by atoms with Crippen molar-refractivity contribution in [1.82, 2.24) is 9.80 Å². The third kappa shape index (κ3) is 3.32. The van der Waals surface area contributed by atoms with Crippen molar-refractivity contribution in [2.75, 3.05) is 33.8 Å². The number of nitrogens with zero attached hydrogens (tertiary/aromatic N) is 2. The van der Waals surface area contributed by atoms with Gasteiger partial charge >= 0.3 is 0 Å². The first kappa shape index (κ1) is 15.3. The predicted octanol–water partition coefficient (Wildman–Crippen LogP) is 1.72. The van der Waals surface area contributed by atoms with Gasteiger partial charge in [0.05, 0.1) is 7.11 Å². The lowest BCUT2D eigenvalue weighted by atomic mass is 10.0. The molecule has 0 radical (unpaired) electrons. The van der Waals surface area contributed by atoms with Crippen LogP contribution in [0.4, 0.5) is 0 Å². The molecule has 2 rings (SSSR count). The SMILES string of the molecule is COc1ccccc1C(N)CN1CC(C)N(C)C(C)C1. The van der Waals surface area contributed by atoms with E-state index in [1.165, 1.54) is 0 Å². The number of methoxy groups -OCH3 is 1. The fourth-order valence-corrected chi connectivity index (χ4v) is 3.01. The number of hydrogen-bond acceptors (Lipinski definition) is 4. The summed E-state index contributed by atoms with van der Waals surface area (Å²) in [6.07, 6.45) is 0. The quantitative estimate of drug-likeness (QED) is 0.910. The van der Waals surface area contributed by atoms with Crippen LogP contribution in [0.25, 0.3) is 0 Å². The van der Waals surface area contributed by atoms with Crippen molar-refractivity contribution >= 4 is 0 Å². The topological polar surface area (TPSA) is 41.7 Å². The first-order valence-corrected chi connectivity index (χ1v) is 7.35. The first-order valence-electron chi connectivity index (χ1n) is 7.35. The fraction of sp³-hybridized carbons (Fsp3) is 0.625. The molecule has 1 saturated heterocycles. The van der Waals surface area contributed by atoms with E-state index in [0.717, 1.165) is 30.9 Å². The summed E-state index contributed by atoms with van der Waals surface area (Å²) in [6.45, 7) is 7.57. The minimum atomic E-state index is -0.00560. The van der Waals surface area contributed by atoms with Crippen LogP contribution in [0.15, 0.2) is 24.3 Å². The van der Waals surface area contributed by atoms with Gasteiger partial charge in [-0.15, -0.1) is 0 Å². The van der Waals surface area contributed by atoms with E-state index in [4.69, 9.17) is 10.5 Å². The maximum Gasteiger partial charge on any atom is 0.123 e. The van der Waals surface area contributed by atoms with Crippen molar-refractivity contribution in [3.05, 3.63) is 29.8 Å². The van der Waals surface area contributed by atoms with Gasteiger partial charge < -0.3 is 10.5 Å². The Morgan fingerprint density at radius 2 is 1.85 bits per heavy atom. The van der Waals surface area contributed by atoms with Crippen LogP contribution >= 0.6 is 0 Å². The number of piperazine rings is 1. The van der Waals surface area contributed by atoms with Crippen molar-refractivity contribution in [2.45, 2.75) is 32.0 Å². The van der Waals surface area contributed by atoms with Crippen molar-refractivity contribution in [3.8, 4) is 5.75 Å². The molecule has 0 saturated carbocycles. The van der Waals surface area contributed by atoms with Gasteiger partial charge in [0.1, 0.15) is 5.75 Å². The summed E-state index contributed by atoms with van der Waals surface area (Å²) in [7, 11) is 3.90. The average molecular weight is 277 g/mol. The van der Waals surface area contributed by atoms with Gasteiger partial charge in [0, 0.05) is 43.3 Å². The molecule has 20 heavy (non-hydrogen) atoms. The number of hydrogen-bond donors (Lipinski definition) is 1. The summed E-state index contributed by atoms with van der Waals surface area (Å²) in [5, 5.41) is 0. The van der Waals surface area contributed by atoms with Crippen LogP contribution in [0.3, 0.4) is 0 Å². The minimum absolute atomic E-state index is 0.00560. The molecule has 1 aliphatic heterocycles.